The summed E-state index contributed by atoms with van der Waals surface area (Å²) in [4.78, 5) is 22.4. The van der Waals surface area contributed by atoms with Crippen LogP contribution in [0.5, 0.6) is 0 Å². The van der Waals surface area contributed by atoms with Gasteiger partial charge in [0.25, 0.3) is 0 Å². The maximum atomic E-state index is 12.6. The van der Waals surface area contributed by atoms with Gasteiger partial charge >= 0.3 is 0 Å². The minimum absolute atomic E-state index is 0.143. The molecule has 2 aromatic heterocycles. The molecule has 0 aromatic carbocycles. The number of carbonyl (C=O) groups is 1. The number of hydrogen-bond acceptors (Lipinski definition) is 7. The second kappa shape index (κ2) is 6.37. The smallest absolute Gasteiger partial charge is 0.249 e. The molecule has 1 fully saturated rings. The highest BCUT2D eigenvalue weighted by Gasteiger charge is 2.32. The van der Waals surface area contributed by atoms with Gasteiger partial charge in [0, 0.05) is 24.2 Å². The van der Waals surface area contributed by atoms with E-state index in [0.717, 1.165) is 0 Å². The Labute approximate surface area is 144 Å². The lowest BCUT2D eigenvalue weighted by molar-refractivity contribution is -0.117. The van der Waals surface area contributed by atoms with Gasteiger partial charge in [-0.1, -0.05) is 25.9 Å². The second-order valence-corrected chi connectivity index (χ2v) is 6.94. The molecule has 2 N–H and O–H groups in total. The van der Waals surface area contributed by atoms with E-state index in [4.69, 9.17) is 16.1 Å². The molecule has 2 aromatic rings. The van der Waals surface area contributed by atoms with Gasteiger partial charge in [-0.05, 0) is 17.7 Å². The molecule has 128 valence electrons. The molecule has 1 aliphatic heterocycles. The standard InChI is InChI=1S/C15H19ClN6O2/c1-15(2,3)10-6-11(21-24-10)19-13(23)9-7-17-8-22(9)12-4-5-18-14(16)20-12/h4-6,9,17H,7-8H2,1-3H3,(H,19,21,23). The van der Waals surface area contributed by atoms with Crippen molar-refractivity contribution in [2.75, 3.05) is 23.4 Å². The normalized spacial score (nSPS) is 18.0. The highest BCUT2D eigenvalue weighted by atomic mass is 35.5. The SMILES string of the molecule is CC(C)(C)c1cc(NC(=O)C2CNCN2c2ccnc(Cl)n2)no1. The van der Waals surface area contributed by atoms with E-state index in [9.17, 15) is 4.79 Å². The summed E-state index contributed by atoms with van der Waals surface area (Å²) in [5.74, 6) is 1.51. The zero-order valence-electron chi connectivity index (χ0n) is 13.7. The second-order valence-electron chi connectivity index (χ2n) is 6.60. The number of carbonyl (C=O) groups excluding carboxylic acids is 1. The lowest BCUT2D eigenvalue weighted by Gasteiger charge is -2.23. The molecule has 3 rings (SSSR count). The summed E-state index contributed by atoms with van der Waals surface area (Å²) in [5.41, 5.74) is -0.172. The van der Waals surface area contributed by atoms with Crippen molar-refractivity contribution in [3.8, 4) is 0 Å². The van der Waals surface area contributed by atoms with Crippen LogP contribution >= 0.6 is 11.6 Å². The molecule has 1 saturated heterocycles. The van der Waals surface area contributed by atoms with Crippen molar-refractivity contribution in [3.63, 3.8) is 0 Å². The van der Waals surface area contributed by atoms with Crippen molar-refractivity contribution in [2.45, 2.75) is 32.2 Å². The third-order valence-electron chi connectivity index (χ3n) is 3.71. The number of halogens is 1. The minimum atomic E-state index is -0.425. The summed E-state index contributed by atoms with van der Waals surface area (Å²) < 4.78 is 5.29. The van der Waals surface area contributed by atoms with Crippen LogP contribution in [0.1, 0.15) is 26.5 Å². The minimum Gasteiger partial charge on any atom is -0.359 e. The van der Waals surface area contributed by atoms with E-state index in [0.29, 0.717) is 30.6 Å². The summed E-state index contributed by atoms with van der Waals surface area (Å²) in [6.45, 7) is 7.04. The Kier molecular flexibility index (Phi) is 4.42. The summed E-state index contributed by atoms with van der Waals surface area (Å²) in [7, 11) is 0. The zero-order valence-corrected chi connectivity index (χ0v) is 14.5. The van der Waals surface area contributed by atoms with Gasteiger partial charge < -0.3 is 14.7 Å². The fourth-order valence-electron chi connectivity index (χ4n) is 2.40. The van der Waals surface area contributed by atoms with E-state index < -0.39 is 6.04 Å². The number of nitrogens with one attached hydrogen (secondary N) is 2. The number of aromatic nitrogens is 3. The molecule has 8 nitrogen and oxygen atoms in total. The quantitative estimate of drug-likeness (QED) is 0.814. The first kappa shape index (κ1) is 16.7. The molecular weight excluding hydrogens is 332 g/mol. The van der Waals surface area contributed by atoms with Crippen LogP contribution in [-0.2, 0) is 10.2 Å². The molecule has 0 bridgehead atoms. The Balaban J connectivity index is 1.73. The van der Waals surface area contributed by atoms with Crippen molar-refractivity contribution >= 4 is 29.1 Å². The van der Waals surface area contributed by atoms with Crippen molar-refractivity contribution < 1.29 is 9.32 Å². The van der Waals surface area contributed by atoms with E-state index in [1.807, 2.05) is 25.7 Å². The number of hydrogen-bond donors (Lipinski definition) is 2. The number of nitrogens with zero attached hydrogens (tertiary/aromatic N) is 4. The third-order valence-corrected chi connectivity index (χ3v) is 3.89. The number of anilines is 2. The zero-order chi connectivity index (χ0) is 17.3. The van der Waals surface area contributed by atoms with Crippen LogP contribution in [0.15, 0.2) is 22.9 Å². The van der Waals surface area contributed by atoms with Crippen LogP contribution in [0.3, 0.4) is 0 Å². The van der Waals surface area contributed by atoms with Gasteiger partial charge in [0.2, 0.25) is 11.2 Å². The molecule has 1 unspecified atom stereocenters. The summed E-state index contributed by atoms with van der Waals surface area (Å²) in [6, 6.07) is 3.03. The lowest BCUT2D eigenvalue weighted by Crippen LogP contribution is -2.41. The largest absolute Gasteiger partial charge is 0.359 e. The Hall–Kier alpha value is -2.19. The molecule has 1 aliphatic rings. The van der Waals surface area contributed by atoms with Crippen LogP contribution in [0.2, 0.25) is 5.28 Å². The average Bonchev–Trinajstić information content (AvgIpc) is 3.15. The van der Waals surface area contributed by atoms with Crippen LogP contribution < -0.4 is 15.5 Å². The van der Waals surface area contributed by atoms with Crippen LogP contribution in [0, 0.1) is 0 Å². The van der Waals surface area contributed by atoms with E-state index in [1.54, 1.807) is 18.3 Å². The summed E-state index contributed by atoms with van der Waals surface area (Å²) in [5, 5.41) is 10.00. The van der Waals surface area contributed by atoms with Gasteiger partial charge in [0.15, 0.2) is 5.82 Å². The lowest BCUT2D eigenvalue weighted by atomic mass is 9.93. The van der Waals surface area contributed by atoms with E-state index in [2.05, 4.69) is 25.8 Å². The fourth-order valence-corrected chi connectivity index (χ4v) is 2.54. The van der Waals surface area contributed by atoms with Gasteiger partial charge in [-0.2, -0.15) is 0 Å². The van der Waals surface area contributed by atoms with Gasteiger partial charge in [-0.25, -0.2) is 9.97 Å². The molecule has 0 aliphatic carbocycles. The van der Waals surface area contributed by atoms with Gasteiger partial charge in [0.1, 0.15) is 17.6 Å². The first-order valence-corrected chi connectivity index (χ1v) is 7.96. The Morgan fingerprint density at radius 3 is 2.96 bits per heavy atom. The maximum Gasteiger partial charge on any atom is 0.249 e. The molecule has 0 spiro atoms. The number of rotatable bonds is 3. The molecule has 1 amide bonds. The molecule has 9 heteroatoms. The summed E-state index contributed by atoms with van der Waals surface area (Å²) in [6.07, 6.45) is 1.56. The topological polar surface area (TPSA) is 96.2 Å². The van der Waals surface area contributed by atoms with Crippen molar-refractivity contribution in [1.82, 2.24) is 20.4 Å². The Morgan fingerprint density at radius 1 is 1.50 bits per heavy atom. The van der Waals surface area contributed by atoms with Crippen LogP contribution in [0.25, 0.3) is 0 Å². The predicted molar refractivity (Wildman–Crippen MR) is 90.0 cm³/mol. The Bertz CT molecular complexity index is 742. The monoisotopic (exact) mass is 350 g/mol. The van der Waals surface area contributed by atoms with Crippen molar-refractivity contribution in [3.05, 3.63) is 29.4 Å². The maximum absolute atomic E-state index is 12.6. The average molecular weight is 351 g/mol. The van der Waals surface area contributed by atoms with E-state index >= 15 is 0 Å². The Morgan fingerprint density at radius 2 is 2.29 bits per heavy atom. The van der Waals surface area contributed by atoms with Crippen LogP contribution in [0.4, 0.5) is 11.6 Å². The van der Waals surface area contributed by atoms with Crippen molar-refractivity contribution in [1.29, 1.82) is 0 Å². The van der Waals surface area contributed by atoms with Crippen LogP contribution in [-0.4, -0.2) is 40.3 Å². The molecular formula is C15H19ClN6O2. The van der Waals surface area contributed by atoms with Gasteiger partial charge in [-0.3, -0.25) is 10.1 Å². The summed E-state index contributed by atoms with van der Waals surface area (Å²) >= 11 is 5.83. The van der Waals surface area contributed by atoms with Crippen molar-refractivity contribution in [2.24, 2.45) is 0 Å². The highest BCUT2D eigenvalue weighted by Crippen LogP contribution is 2.25. The highest BCUT2D eigenvalue weighted by molar-refractivity contribution is 6.28. The molecule has 3 heterocycles. The first-order valence-electron chi connectivity index (χ1n) is 7.58. The fraction of sp³-hybridized carbons (Fsp3) is 0.467. The first-order chi connectivity index (χ1) is 11.3. The van der Waals surface area contributed by atoms with E-state index in [1.165, 1.54) is 0 Å². The molecule has 24 heavy (non-hydrogen) atoms. The van der Waals surface area contributed by atoms with Gasteiger partial charge in [0.05, 0.1) is 6.67 Å². The number of amides is 1. The van der Waals surface area contributed by atoms with Gasteiger partial charge in [-0.15, -0.1) is 0 Å². The molecule has 0 saturated carbocycles. The predicted octanol–water partition coefficient (Wildman–Crippen LogP) is 1.79. The molecule has 0 radical (unpaired) electrons. The third kappa shape index (κ3) is 3.49. The molecule has 1 atom stereocenters. The van der Waals surface area contributed by atoms with E-state index in [-0.39, 0.29) is 16.6 Å².